The number of carbonyl (C=O) groups excluding carboxylic acids is 2. The lowest BCUT2D eigenvalue weighted by atomic mass is 10.0. The van der Waals surface area contributed by atoms with E-state index in [0.717, 1.165) is 12.8 Å². The average Bonchev–Trinajstić information content (AvgIpc) is 2.30. The van der Waals surface area contributed by atoms with Crippen LogP contribution in [0.5, 0.6) is 0 Å². The summed E-state index contributed by atoms with van der Waals surface area (Å²) < 4.78 is 4.88. The number of rotatable bonds is 2. The maximum atomic E-state index is 11.3. The first-order chi connectivity index (χ1) is 6.24. The summed E-state index contributed by atoms with van der Waals surface area (Å²) in [5.74, 6) is -0.303. The minimum Gasteiger partial charge on any atom is -0.466 e. The summed E-state index contributed by atoms with van der Waals surface area (Å²) in [6.45, 7) is 2.62. The van der Waals surface area contributed by atoms with Gasteiger partial charge >= 0.3 is 5.97 Å². The van der Waals surface area contributed by atoms with Crippen molar-refractivity contribution in [1.82, 2.24) is 5.32 Å². The summed E-state index contributed by atoms with van der Waals surface area (Å²) in [6, 6.07) is 0. The van der Waals surface area contributed by atoms with E-state index >= 15 is 0 Å². The summed E-state index contributed by atoms with van der Waals surface area (Å²) in [6.07, 6.45) is 2.04. The fraction of sp³-hybridized carbons (Fsp3) is 0.778. The van der Waals surface area contributed by atoms with Gasteiger partial charge in [-0.25, -0.2) is 0 Å². The first-order valence-corrected chi connectivity index (χ1v) is 4.67. The van der Waals surface area contributed by atoms with Crippen LogP contribution in [0.3, 0.4) is 0 Å². The summed E-state index contributed by atoms with van der Waals surface area (Å²) in [7, 11) is 0. The monoisotopic (exact) mass is 185 g/mol. The third-order valence-corrected chi connectivity index (χ3v) is 2.12. The van der Waals surface area contributed by atoms with Gasteiger partial charge < -0.3 is 10.1 Å². The van der Waals surface area contributed by atoms with Crippen molar-refractivity contribution in [3.63, 3.8) is 0 Å². The molecule has 0 spiro atoms. The largest absolute Gasteiger partial charge is 0.466 e. The molecule has 0 aromatic carbocycles. The zero-order valence-electron chi connectivity index (χ0n) is 7.84. The standard InChI is InChI=1S/C9H15NO3/c1-2-13-9(12)7-4-3-5-8(11)10-6-7/h7H,2-6H2,1H3,(H,10,11). The number of hydrogen-bond donors (Lipinski definition) is 1. The van der Waals surface area contributed by atoms with Crippen molar-refractivity contribution < 1.29 is 14.3 Å². The second-order valence-corrected chi connectivity index (χ2v) is 3.15. The molecule has 4 nitrogen and oxygen atoms in total. The van der Waals surface area contributed by atoms with Crippen LogP contribution in [0.25, 0.3) is 0 Å². The smallest absolute Gasteiger partial charge is 0.310 e. The summed E-state index contributed by atoms with van der Waals surface area (Å²) in [5.41, 5.74) is 0. The van der Waals surface area contributed by atoms with Gasteiger partial charge in [0.15, 0.2) is 0 Å². The lowest BCUT2D eigenvalue weighted by Gasteiger charge is -2.11. The van der Waals surface area contributed by atoms with Crippen molar-refractivity contribution in [2.24, 2.45) is 5.92 Å². The van der Waals surface area contributed by atoms with Crippen molar-refractivity contribution in [1.29, 1.82) is 0 Å². The zero-order chi connectivity index (χ0) is 9.68. The molecule has 74 valence electrons. The van der Waals surface area contributed by atoms with Gasteiger partial charge in [0, 0.05) is 13.0 Å². The topological polar surface area (TPSA) is 55.4 Å². The second-order valence-electron chi connectivity index (χ2n) is 3.15. The number of esters is 1. The molecule has 0 aliphatic carbocycles. The molecule has 1 rings (SSSR count). The molecule has 1 unspecified atom stereocenters. The Morgan fingerprint density at radius 3 is 3.15 bits per heavy atom. The maximum Gasteiger partial charge on any atom is 0.310 e. The van der Waals surface area contributed by atoms with Crippen molar-refractivity contribution in [3.05, 3.63) is 0 Å². The minimum absolute atomic E-state index is 0.0341. The molecular weight excluding hydrogens is 170 g/mol. The van der Waals surface area contributed by atoms with E-state index in [-0.39, 0.29) is 17.8 Å². The molecule has 0 bridgehead atoms. The maximum absolute atomic E-state index is 11.3. The van der Waals surface area contributed by atoms with E-state index in [0.29, 0.717) is 19.6 Å². The number of amides is 1. The number of nitrogens with one attached hydrogen (secondary N) is 1. The molecule has 1 fully saturated rings. The fourth-order valence-corrected chi connectivity index (χ4v) is 1.40. The Kier molecular flexibility index (Phi) is 3.73. The van der Waals surface area contributed by atoms with Crippen LogP contribution >= 0.6 is 0 Å². The average molecular weight is 185 g/mol. The Morgan fingerprint density at radius 1 is 1.69 bits per heavy atom. The highest BCUT2D eigenvalue weighted by Gasteiger charge is 2.23. The van der Waals surface area contributed by atoms with Crippen LogP contribution in [0.2, 0.25) is 0 Å². The Hall–Kier alpha value is -1.06. The Labute approximate surface area is 77.6 Å². The van der Waals surface area contributed by atoms with Crippen molar-refractivity contribution in [2.45, 2.75) is 26.2 Å². The van der Waals surface area contributed by atoms with E-state index in [4.69, 9.17) is 4.74 Å². The van der Waals surface area contributed by atoms with Gasteiger partial charge in [-0.15, -0.1) is 0 Å². The van der Waals surface area contributed by atoms with Gasteiger partial charge in [-0.05, 0) is 19.8 Å². The molecule has 1 aliphatic heterocycles. The van der Waals surface area contributed by atoms with Crippen LogP contribution in [0.4, 0.5) is 0 Å². The van der Waals surface area contributed by atoms with E-state index in [1.807, 2.05) is 0 Å². The van der Waals surface area contributed by atoms with E-state index in [9.17, 15) is 9.59 Å². The van der Waals surface area contributed by atoms with Crippen LogP contribution in [0.1, 0.15) is 26.2 Å². The van der Waals surface area contributed by atoms with Gasteiger partial charge in [0.2, 0.25) is 5.91 Å². The number of hydrogen-bond acceptors (Lipinski definition) is 3. The van der Waals surface area contributed by atoms with Gasteiger partial charge in [-0.3, -0.25) is 9.59 Å². The Morgan fingerprint density at radius 2 is 2.46 bits per heavy atom. The third kappa shape index (κ3) is 3.05. The van der Waals surface area contributed by atoms with Gasteiger partial charge in [-0.1, -0.05) is 0 Å². The van der Waals surface area contributed by atoms with Gasteiger partial charge in [0.25, 0.3) is 0 Å². The van der Waals surface area contributed by atoms with E-state index in [1.54, 1.807) is 6.92 Å². The van der Waals surface area contributed by atoms with Crippen LogP contribution in [-0.2, 0) is 14.3 Å². The molecule has 0 radical (unpaired) electrons. The molecule has 4 heteroatoms. The zero-order valence-corrected chi connectivity index (χ0v) is 7.84. The molecule has 1 atom stereocenters. The first kappa shape index (κ1) is 10.0. The van der Waals surface area contributed by atoms with Gasteiger partial charge in [-0.2, -0.15) is 0 Å². The first-order valence-electron chi connectivity index (χ1n) is 4.67. The molecule has 0 aromatic rings. The van der Waals surface area contributed by atoms with Crippen LogP contribution in [-0.4, -0.2) is 25.0 Å². The van der Waals surface area contributed by atoms with Crippen molar-refractivity contribution in [3.8, 4) is 0 Å². The number of ether oxygens (including phenoxy) is 1. The van der Waals surface area contributed by atoms with Crippen LogP contribution in [0, 0.1) is 5.92 Å². The quantitative estimate of drug-likeness (QED) is 0.636. The highest BCUT2D eigenvalue weighted by molar-refractivity contribution is 5.78. The Balaban J connectivity index is 2.41. The van der Waals surface area contributed by atoms with Crippen LogP contribution in [0.15, 0.2) is 0 Å². The molecule has 1 N–H and O–H groups in total. The summed E-state index contributed by atoms with van der Waals surface area (Å²) >= 11 is 0. The molecule has 1 amide bonds. The molecular formula is C9H15NO3. The van der Waals surface area contributed by atoms with Gasteiger partial charge in [0.05, 0.1) is 12.5 Å². The predicted molar refractivity (Wildman–Crippen MR) is 47.0 cm³/mol. The predicted octanol–water partition coefficient (Wildman–Crippen LogP) is 0.466. The van der Waals surface area contributed by atoms with Crippen molar-refractivity contribution in [2.75, 3.05) is 13.2 Å². The Bertz CT molecular complexity index is 203. The van der Waals surface area contributed by atoms with Gasteiger partial charge in [0.1, 0.15) is 0 Å². The highest BCUT2D eigenvalue weighted by Crippen LogP contribution is 2.13. The molecule has 13 heavy (non-hydrogen) atoms. The minimum atomic E-state index is -0.190. The lowest BCUT2D eigenvalue weighted by molar-refractivity contribution is -0.147. The number of carbonyl (C=O) groups is 2. The fourth-order valence-electron chi connectivity index (χ4n) is 1.40. The molecule has 0 aromatic heterocycles. The van der Waals surface area contributed by atoms with E-state index in [2.05, 4.69) is 5.32 Å². The van der Waals surface area contributed by atoms with Crippen LogP contribution < -0.4 is 5.32 Å². The molecule has 1 aliphatic rings. The lowest BCUT2D eigenvalue weighted by Crippen LogP contribution is -2.30. The molecule has 1 heterocycles. The SMILES string of the molecule is CCOC(=O)C1CCCC(=O)NC1. The van der Waals surface area contributed by atoms with E-state index < -0.39 is 0 Å². The second kappa shape index (κ2) is 4.84. The highest BCUT2D eigenvalue weighted by atomic mass is 16.5. The molecule has 0 saturated carbocycles. The summed E-state index contributed by atoms with van der Waals surface area (Å²) in [5, 5.41) is 2.69. The summed E-state index contributed by atoms with van der Waals surface area (Å²) in [4.78, 5) is 22.2. The van der Waals surface area contributed by atoms with E-state index in [1.165, 1.54) is 0 Å². The van der Waals surface area contributed by atoms with Crippen molar-refractivity contribution >= 4 is 11.9 Å². The third-order valence-electron chi connectivity index (χ3n) is 2.12. The normalized spacial score (nSPS) is 23.2. The molecule has 1 saturated heterocycles.